The van der Waals surface area contributed by atoms with Crippen LogP contribution in [0.25, 0.3) is 0 Å². The largest absolute Gasteiger partial charge is 0.377 e. The maximum Gasteiger partial charge on any atom is 0.287 e. The number of hydrogen-bond acceptors (Lipinski definition) is 4. The number of nitrogens with one attached hydrogen (secondary N) is 1. The zero-order valence-electron chi connectivity index (χ0n) is 10.1. The first-order chi connectivity index (χ1) is 8.59. The highest BCUT2D eigenvalue weighted by molar-refractivity contribution is 6.32. The third kappa shape index (κ3) is 2.51. The molecule has 2 aromatic rings. The van der Waals surface area contributed by atoms with Crippen LogP contribution >= 0.6 is 11.6 Å². The highest BCUT2D eigenvalue weighted by Crippen LogP contribution is 2.16. The van der Waals surface area contributed by atoms with Gasteiger partial charge in [0.1, 0.15) is 5.02 Å². The minimum absolute atomic E-state index is 0.140. The van der Waals surface area contributed by atoms with Gasteiger partial charge < -0.3 is 5.32 Å². The van der Waals surface area contributed by atoms with E-state index < -0.39 is 0 Å². The van der Waals surface area contributed by atoms with Crippen LogP contribution in [0.5, 0.6) is 0 Å². The zero-order chi connectivity index (χ0) is 13.1. The second-order valence-corrected chi connectivity index (χ2v) is 4.30. The molecule has 0 saturated heterocycles. The lowest BCUT2D eigenvalue weighted by molar-refractivity contribution is 0.708. The summed E-state index contributed by atoms with van der Waals surface area (Å²) in [5.41, 5.74) is 2.19. The normalized spacial score (nSPS) is 10.4. The summed E-state index contributed by atoms with van der Waals surface area (Å²) in [4.78, 5) is 15.8. The van der Waals surface area contributed by atoms with Crippen molar-refractivity contribution < 1.29 is 0 Å². The summed E-state index contributed by atoms with van der Waals surface area (Å²) in [6.07, 6.45) is 3.26. The smallest absolute Gasteiger partial charge is 0.287 e. The molecule has 0 amide bonds. The van der Waals surface area contributed by atoms with E-state index in [0.29, 0.717) is 12.2 Å². The summed E-state index contributed by atoms with van der Waals surface area (Å²) < 4.78 is 1.19. The van der Waals surface area contributed by atoms with Gasteiger partial charge in [0, 0.05) is 13.2 Å². The van der Waals surface area contributed by atoms with Crippen molar-refractivity contribution in [3.05, 3.63) is 51.2 Å². The van der Waals surface area contributed by atoms with Gasteiger partial charge in [0.25, 0.3) is 5.56 Å². The third-order valence-electron chi connectivity index (χ3n) is 2.64. The lowest BCUT2D eigenvalue weighted by atomic mass is 10.2. The Labute approximate surface area is 109 Å². The minimum Gasteiger partial charge on any atom is -0.377 e. The van der Waals surface area contributed by atoms with Gasteiger partial charge in [-0.25, -0.2) is 4.68 Å². The molecule has 2 aromatic heterocycles. The van der Waals surface area contributed by atoms with Crippen LogP contribution in [0.2, 0.25) is 5.02 Å². The summed E-state index contributed by atoms with van der Waals surface area (Å²) in [5, 5.41) is 7.12. The van der Waals surface area contributed by atoms with E-state index in [2.05, 4.69) is 15.4 Å². The second-order valence-electron chi connectivity index (χ2n) is 3.92. The summed E-state index contributed by atoms with van der Waals surface area (Å²) in [7, 11) is 1.56. The van der Waals surface area contributed by atoms with Crippen LogP contribution in [0, 0.1) is 6.92 Å². The molecule has 0 spiro atoms. The van der Waals surface area contributed by atoms with E-state index in [-0.39, 0.29) is 10.6 Å². The SMILES string of the molecule is Cc1cccnc1CNc1cnn(C)c(=O)c1Cl. The van der Waals surface area contributed by atoms with Gasteiger partial charge in [-0.15, -0.1) is 0 Å². The van der Waals surface area contributed by atoms with Crippen molar-refractivity contribution in [2.75, 3.05) is 5.32 Å². The fourth-order valence-corrected chi connectivity index (χ4v) is 1.75. The fraction of sp³-hybridized carbons (Fsp3) is 0.250. The fourth-order valence-electron chi connectivity index (χ4n) is 1.52. The quantitative estimate of drug-likeness (QED) is 0.918. The molecule has 0 fully saturated rings. The summed E-state index contributed by atoms with van der Waals surface area (Å²) >= 11 is 5.95. The number of aryl methyl sites for hydroxylation is 2. The molecule has 0 aliphatic carbocycles. The Balaban J connectivity index is 2.19. The maximum absolute atomic E-state index is 11.6. The molecule has 0 atom stereocenters. The molecular weight excluding hydrogens is 252 g/mol. The van der Waals surface area contributed by atoms with Crippen LogP contribution in [0.1, 0.15) is 11.3 Å². The summed E-state index contributed by atoms with van der Waals surface area (Å²) in [5.74, 6) is 0. The molecule has 0 aliphatic heterocycles. The van der Waals surface area contributed by atoms with E-state index in [4.69, 9.17) is 11.6 Å². The first-order valence-corrected chi connectivity index (χ1v) is 5.83. The Kier molecular flexibility index (Phi) is 3.62. The molecule has 0 bridgehead atoms. The molecule has 5 nitrogen and oxygen atoms in total. The van der Waals surface area contributed by atoms with Gasteiger partial charge in [-0.05, 0) is 18.6 Å². The van der Waals surface area contributed by atoms with Crippen molar-refractivity contribution >= 4 is 17.3 Å². The van der Waals surface area contributed by atoms with Gasteiger partial charge in [0.05, 0.1) is 24.1 Å². The Hall–Kier alpha value is -1.88. The standard InChI is InChI=1S/C12H13ClN4O/c1-8-4-3-5-14-9(8)6-15-10-7-16-17(2)12(18)11(10)13/h3-5,7,15H,6H2,1-2H3. The first-order valence-electron chi connectivity index (χ1n) is 5.46. The molecular formula is C12H13ClN4O. The highest BCUT2D eigenvalue weighted by Gasteiger charge is 2.07. The van der Waals surface area contributed by atoms with E-state index in [1.807, 2.05) is 19.1 Å². The number of pyridine rings is 1. The average Bonchev–Trinajstić information content (AvgIpc) is 2.37. The van der Waals surface area contributed by atoms with Gasteiger partial charge in [-0.2, -0.15) is 5.10 Å². The van der Waals surface area contributed by atoms with Crippen molar-refractivity contribution in [1.82, 2.24) is 14.8 Å². The highest BCUT2D eigenvalue weighted by atomic mass is 35.5. The topological polar surface area (TPSA) is 59.8 Å². The van der Waals surface area contributed by atoms with E-state index in [0.717, 1.165) is 11.3 Å². The Morgan fingerprint density at radius 2 is 2.28 bits per heavy atom. The predicted octanol–water partition coefficient (Wildman–Crippen LogP) is 1.75. The number of aromatic nitrogens is 3. The van der Waals surface area contributed by atoms with Gasteiger partial charge in [0.2, 0.25) is 0 Å². The molecule has 2 heterocycles. The lowest BCUT2D eigenvalue weighted by Crippen LogP contribution is -2.21. The predicted molar refractivity (Wildman–Crippen MR) is 70.8 cm³/mol. The van der Waals surface area contributed by atoms with Crippen molar-refractivity contribution in [1.29, 1.82) is 0 Å². The maximum atomic E-state index is 11.6. The van der Waals surface area contributed by atoms with E-state index in [9.17, 15) is 4.79 Å². The van der Waals surface area contributed by atoms with Crippen molar-refractivity contribution in [3.8, 4) is 0 Å². The average molecular weight is 265 g/mol. The van der Waals surface area contributed by atoms with E-state index in [1.54, 1.807) is 13.2 Å². The van der Waals surface area contributed by atoms with Crippen molar-refractivity contribution in [2.24, 2.45) is 7.05 Å². The van der Waals surface area contributed by atoms with Gasteiger partial charge in [-0.1, -0.05) is 17.7 Å². The Morgan fingerprint density at radius 1 is 1.50 bits per heavy atom. The van der Waals surface area contributed by atoms with Crippen LogP contribution in [-0.2, 0) is 13.6 Å². The second kappa shape index (κ2) is 5.18. The molecule has 0 aromatic carbocycles. The molecule has 6 heteroatoms. The number of anilines is 1. The Bertz CT molecular complexity index is 624. The number of halogens is 1. The minimum atomic E-state index is -0.320. The molecule has 1 N–H and O–H groups in total. The van der Waals surface area contributed by atoms with Gasteiger partial charge >= 0.3 is 0 Å². The monoisotopic (exact) mass is 264 g/mol. The number of nitrogens with zero attached hydrogens (tertiary/aromatic N) is 3. The molecule has 2 rings (SSSR count). The summed E-state index contributed by atoms with van der Waals surface area (Å²) in [6, 6.07) is 3.86. The van der Waals surface area contributed by atoms with Crippen LogP contribution < -0.4 is 10.9 Å². The number of hydrogen-bond donors (Lipinski definition) is 1. The zero-order valence-corrected chi connectivity index (χ0v) is 10.9. The van der Waals surface area contributed by atoms with Crippen molar-refractivity contribution in [3.63, 3.8) is 0 Å². The molecule has 0 aliphatic rings. The van der Waals surface area contributed by atoms with Gasteiger partial charge in [-0.3, -0.25) is 9.78 Å². The van der Waals surface area contributed by atoms with Crippen LogP contribution in [0.3, 0.4) is 0 Å². The van der Waals surface area contributed by atoms with Crippen LogP contribution in [0.15, 0.2) is 29.3 Å². The van der Waals surface area contributed by atoms with Crippen molar-refractivity contribution in [2.45, 2.75) is 13.5 Å². The Morgan fingerprint density at radius 3 is 3.00 bits per heavy atom. The van der Waals surface area contributed by atoms with Gasteiger partial charge in [0.15, 0.2) is 0 Å². The van der Waals surface area contributed by atoms with E-state index in [1.165, 1.54) is 10.9 Å². The molecule has 94 valence electrons. The lowest BCUT2D eigenvalue weighted by Gasteiger charge is -2.09. The van der Waals surface area contributed by atoms with Crippen LogP contribution in [0.4, 0.5) is 5.69 Å². The third-order valence-corrected chi connectivity index (χ3v) is 3.01. The number of rotatable bonds is 3. The molecule has 0 radical (unpaired) electrons. The first kappa shape index (κ1) is 12.6. The van der Waals surface area contributed by atoms with Crippen LogP contribution in [-0.4, -0.2) is 14.8 Å². The molecule has 0 saturated carbocycles. The molecule has 0 unspecified atom stereocenters. The summed E-state index contributed by atoms with van der Waals surface area (Å²) in [6.45, 7) is 2.48. The molecule has 18 heavy (non-hydrogen) atoms. The van der Waals surface area contributed by atoms with E-state index >= 15 is 0 Å².